The summed E-state index contributed by atoms with van der Waals surface area (Å²) in [5, 5.41) is 0. The van der Waals surface area contributed by atoms with E-state index < -0.39 is 28.9 Å². The molecule has 1 aromatic carbocycles. The number of benzene rings is 1. The Morgan fingerprint density at radius 3 is 1.80 bits per heavy atom. The van der Waals surface area contributed by atoms with Crippen molar-refractivity contribution in [2.45, 2.75) is 29.6 Å². The van der Waals surface area contributed by atoms with E-state index in [0.29, 0.717) is 11.6 Å². The van der Waals surface area contributed by atoms with Crippen molar-refractivity contribution in [3.63, 3.8) is 0 Å². The summed E-state index contributed by atoms with van der Waals surface area (Å²) in [7, 11) is 0. The average Bonchev–Trinajstić information content (AvgIpc) is 2.44. The molecule has 0 bridgehead atoms. The smallest absolute Gasteiger partial charge is 0.169 e. The van der Waals surface area contributed by atoms with Crippen LogP contribution in [0.1, 0.15) is 12.5 Å². The summed E-state index contributed by atoms with van der Waals surface area (Å²) in [6.07, 6.45) is -7.84. The molecule has 0 unspecified atom stereocenters. The summed E-state index contributed by atoms with van der Waals surface area (Å²) in [6.45, 7) is 8.16. The molecular formula is C18H16F6S. The van der Waals surface area contributed by atoms with Crippen LogP contribution in [0.2, 0.25) is 0 Å². The SMILES string of the molecule is C=C/C=C(\C=C/C(=C)C)C(c1ccc(S)cc1)(C(F)(F)F)C(F)(F)F. The van der Waals surface area contributed by atoms with E-state index in [0.717, 1.165) is 42.5 Å². The van der Waals surface area contributed by atoms with Gasteiger partial charge in [-0.05, 0) is 30.2 Å². The Morgan fingerprint density at radius 1 is 0.960 bits per heavy atom. The van der Waals surface area contributed by atoms with Gasteiger partial charge in [0.15, 0.2) is 0 Å². The molecule has 0 amide bonds. The van der Waals surface area contributed by atoms with Crippen molar-refractivity contribution in [3.8, 4) is 0 Å². The molecule has 136 valence electrons. The largest absolute Gasteiger partial charge is 0.411 e. The average molecular weight is 378 g/mol. The molecule has 0 aliphatic rings. The lowest BCUT2D eigenvalue weighted by molar-refractivity contribution is -0.288. The predicted molar refractivity (Wildman–Crippen MR) is 89.7 cm³/mol. The van der Waals surface area contributed by atoms with Gasteiger partial charge in [-0.3, -0.25) is 0 Å². The zero-order valence-electron chi connectivity index (χ0n) is 13.2. The van der Waals surface area contributed by atoms with Crippen LogP contribution < -0.4 is 0 Å². The highest BCUT2D eigenvalue weighted by atomic mass is 32.1. The quantitative estimate of drug-likeness (QED) is 0.334. The Bertz CT molecular complexity index is 676. The van der Waals surface area contributed by atoms with Crippen LogP contribution in [0.5, 0.6) is 0 Å². The van der Waals surface area contributed by atoms with Crippen molar-refractivity contribution in [3.05, 3.63) is 78.4 Å². The van der Waals surface area contributed by atoms with Crippen LogP contribution in [0.3, 0.4) is 0 Å². The molecule has 0 radical (unpaired) electrons. The molecule has 0 fully saturated rings. The predicted octanol–water partition coefficient (Wildman–Crippen LogP) is 6.58. The second-order valence-corrected chi connectivity index (χ2v) is 5.85. The maximum atomic E-state index is 13.9. The van der Waals surface area contributed by atoms with Crippen molar-refractivity contribution < 1.29 is 26.3 Å². The van der Waals surface area contributed by atoms with Gasteiger partial charge in [-0.2, -0.15) is 26.3 Å². The van der Waals surface area contributed by atoms with Crippen molar-refractivity contribution in [2.75, 3.05) is 0 Å². The fraction of sp³-hybridized carbons (Fsp3) is 0.222. The lowest BCUT2D eigenvalue weighted by Crippen LogP contribution is -2.55. The van der Waals surface area contributed by atoms with Crippen LogP contribution in [-0.2, 0) is 5.41 Å². The van der Waals surface area contributed by atoms with E-state index in [9.17, 15) is 26.3 Å². The van der Waals surface area contributed by atoms with Gasteiger partial charge in [0.25, 0.3) is 0 Å². The van der Waals surface area contributed by atoms with Crippen LogP contribution in [0.25, 0.3) is 0 Å². The fourth-order valence-electron chi connectivity index (χ4n) is 2.36. The Balaban J connectivity index is 3.94. The number of rotatable bonds is 5. The summed E-state index contributed by atoms with van der Waals surface area (Å²) in [4.78, 5) is 0.244. The molecule has 0 aliphatic heterocycles. The first kappa shape index (κ1) is 21.2. The summed E-state index contributed by atoms with van der Waals surface area (Å²) in [5.41, 5.74) is -5.86. The van der Waals surface area contributed by atoms with E-state index in [1.54, 1.807) is 0 Å². The van der Waals surface area contributed by atoms with E-state index in [2.05, 4.69) is 25.8 Å². The second-order valence-electron chi connectivity index (χ2n) is 5.33. The van der Waals surface area contributed by atoms with Gasteiger partial charge in [0.05, 0.1) is 0 Å². The van der Waals surface area contributed by atoms with E-state index in [4.69, 9.17) is 0 Å². The molecule has 25 heavy (non-hydrogen) atoms. The first-order chi connectivity index (χ1) is 11.4. The van der Waals surface area contributed by atoms with Gasteiger partial charge < -0.3 is 0 Å². The maximum Gasteiger partial charge on any atom is 0.411 e. The second kappa shape index (κ2) is 7.56. The fourth-order valence-corrected chi connectivity index (χ4v) is 2.51. The molecular weight excluding hydrogens is 362 g/mol. The lowest BCUT2D eigenvalue weighted by Gasteiger charge is -2.39. The Morgan fingerprint density at radius 2 is 1.44 bits per heavy atom. The normalized spacial score (nSPS) is 14.0. The van der Waals surface area contributed by atoms with Gasteiger partial charge in [-0.1, -0.05) is 55.2 Å². The molecule has 0 aromatic heterocycles. The van der Waals surface area contributed by atoms with Crippen molar-refractivity contribution in [1.82, 2.24) is 0 Å². The van der Waals surface area contributed by atoms with Gasteiger partial charge >= 0.3 is 12.4 Å². The minimum atomic E-state index is -5.64. The van der Waals surface area contributed by atoms with Crippen LogP contribution in [0.15, 0.2) is 77.8 Å². The first-order valence-corrected chi connectivity index (χ1v) is 7.42. The zero-order valence-corrected chi connectivity index (χ0v) is 14.1. The van der Waals surface area contributed by atoms with Crippen LogP contribution in [0.4, 0.5) is 26.3 Å². The highest BCUT2D eigenvalue weighted by molar-refractivity contribution is 7.80. The number of alkyl halides is 6. The van der Waals surface area contributed by atoms with E-state index in [-0.39, 0.29) is 4.90 Å². The van der Waals surface area contributed by atoms with Gasteiger partial charge in [0, 0.05) is 4.90 Å². The Kier molecular flexibility index (Phi) is 6.39. The summed E-state index contributed by atoms with van der Waals surface area (Å²) in [5.74, 6) is 0. The molecule has 0 N–H and O–H groups in total. The molecule has 0 spiro atoms. The number of halogens is 6. The first-order valence-electron chi connectivity index (χ1n) is 6.97. The highest BCUT2D eigenvalue weighted by Gasteiger charge is 2.72. The molecule has 0 aliphatic carbocycles. The van der Waals surface area contributed by atoms with Crippen molar-refractivity contribution in [1.29, 1.82) is 0 Å². The summed E-state index contributed by atoms with van der Waals surface area (Å²) >= 11 is 3.91. The number of hydrogen-bond acceptors (Lipinski definition) is 1. The van der Waals surface area contributed by atoms with Crippen LogP contribution >= 0.6 is 12.6 Å². The van der Waals surface area contributed by atoms with Gasteiger partial charge in [-0.25, -0.2) is 0 Å². The van der Waals surface area contributed by atoms with Crippen molar-refractivity contribution >= 4 is 12.6 Å². The Hall–Kier alpha value is -1.89. The van der Waals surface area contributed by atoms with E-state index >= 15 is 0 Å². The van der Waals surface area contributed by atoms with Crippen LogP contribution in [-0.4, -0.2) is 12.4 Å². The molecule has 0 saturated carbocycles. The minimum absolute atomic E-state index is 0.244. The van der Waals surface area contributed by atoms with Crippen LogP contribution in [0, 0.1) is 0 Å². The molecule has 0 heterocycles. The maximum absolute atomic E-state index is 13.9. The lowest BCUT2D eigenvalue weighted by atomic mass is 9.72. The topological polar surface area (TPSA) is 0 Å². The molecule has 0 atom stereocenters. The third-order valence-electron chi connectivity index (χ3n) is 3.43. The van der Waals surface area contributed by atoms with Gasteiger partial charge in [0.2, 0.25) is 5.41 Å². The third kappa shape index (κ3) is 4.21. The number of hydrogen-bond donors (Lipinski definition) is 1. The standard InChI is InChI=1S/C18H16F6S/c1-4-5-13(7-6-12(2)3)16(17(19,20)21,18(22,23)24)14-8-10-15(25)11-9-14/h4-11,25H,1-2H2,3H3/b7-6-,13-5+. The number of thiol groups is 1. The Labute approximate surface area is 147 Å². The zero-order chi connectivity index (χ0) is 19.5. The van der Waals surface area contributed by atoms with E-state index in [1.165, 1.54) is 6.92 Å². The molecule has 1 aromatic rings. The van der Waals surface area contributed by atoms with Gasteiger partial charge in [0.1, 0.15) is 0 Å². The van der Waals surface area contributed by atoms with Crippen molar-refractivity contribution in [2.24, 2.45) is 0 Å². The summed E-state index contributed by atoms with van der Waals surface area (Å²) in [6, 6.07) is 3.71. The third-order valence-corrected chi connectivity index (χ3v) is 3.73. The number of allylic oxidation sites excluding steroid dienone is 6. The van der Waals surface area contributed by atoms with E-state index in [1.807, 2.05) is 0 Å². The summed E-state index contributed by atoms with van der Waals surface area (Å²) < 4.78 is 83.3. The molecule has 0 saturated heterocycles. The molecule has 0 nitrogen and oxygen atoms in total. The minimum Gasteiger partial charge on any atom is -0.169 e. The monoisotopic (exact) mass is 378 g/mol. The van der Waals surface area contributed by atoms with Gasteiger partial charge in [-0.15, -0.1) is 12.6 Å². The highest BCUT2D eigenvalue weighted by Crippen LogP contribution is 2.56. The molecule has 1 rings (SSSR count). The molecule has 7 heteroatoms.